The van der Waals surface area contributed by atoms with Crippen LogP contribution in [0.15, 0.2) is 15.1 Å². The van der Waals surface area contributed by atoms with Crippen LogP contribution in [0.25, 0.3) is 11.5 Å². The second-order valence-electron chi connectivity index (χ2n) is 3.49. The lowest BCUT2D eigenvalue weighted by Gasteiger charge is -2.06. The third-order valence-electron chi connectivity index (χ3n) is 2.48. The highest BCUT2D eigenvalue weighted by molar-refractivity contribution is 5.52. The Kier molecular flexibility index (Phi) is 3.00. The number of hydrogen-bond acceptors (Lipinski definition) is 6. The van der Waals surface area contributed by atoms with Crippen molar-refractivity contribution in [3.63, 3.8) is 0 Å². The zero-order valence-electron chi connectivity index (χ0n) is 9.52. The van der Waals surface area contributed by atoms with E-state index in [2.05, 4.69) is 27.6 Å². The summed E-state index contributed by atoms with van der Waals surface area (Å²) in [4.78, 5) is 0. The Balaban J connectivity index is 2.29. The van der Waals surface area contributed by atoms with Crippen LogP contribution in [-0.2, 0) is 0 Å². The van der Waals surface area contributed by atoms with Crippen LogP contribution in [0.1, 0.15) is 31.0 Å². The molecule has 2 heterocycles. The minimum atomic E-state index is 0.0846. The van der Waals surface area contributed by atoms with Gasteiger partial charge in [-0.1, -0.05) is 12.1 Å². The fourth-order valence-corrected chi connectivity index (χ4v) is 1.49. The van der Waals surface area contributed by atoms with E-state index in [-0.39, 0.29) is 6.04 Å². The molecule has 0 fully saturated rings. The van der Waals surface area contributed by atoms with Crippen LogP contribution in [0.2, 0.25) is 0 Å². The first-order valence-electron chi connectivity index (χ1n) is 5.18. The Morgan fingerprint density at radius 1 is 1.44 bits per heavy atom. The molecular weight excluding hydrogens is 208 g/mol. The summed E-state index contributed by atoms with van der Waals surface area (Å²) in [5.41, 5.74) is 0.740. The first-order valence-corrected chi connectivity index (χ1v) is 5.18. The predicted molar refractivity (Wildman–Crippen MR) is 56.6 cm³/mol. The molecular formula is C10H14N4O2. The Morgan fingerprint density at radius 2 is 2.25 bits per heavy atom. The minimum Gasteiger partial charge on any atom is -0.419 e. The fraction of sp³-hybridized carbons (Fsp3) is 0.500. The van der Waals surface area contributed by atoms with Gasteiger partial charge in [-0.15, -0.1) is 10.2 Å². The van der Waals surface area contributed by atoms with E-state index >= 15 is 0 Å². The molecule has 0 spiro atoms. The van der Waals surface area contributed by atoms with E-state index in [0.717, 1.165) is 12.0 Å². The maximum Gasteiger partial charge on any atom is 0.253 e. The van der Waals surface area contributed by atoms with Gasteiger partial charge in [0.1, 0.15) is 11.3 Å². The van der Waals surface area contributed by atoms with Crippen LogP contribution >= 0.6 is 0 Å². The highest BCUT2D eigenvalue weighted by Crippen LogP contribution is 2.24. The average Bonchev–Trinajstić information content (AvgIpc) is 2.89. The quantitative estimate of drug-likeness (QED) is 0.848. The van der Waals surface area contributed by atoms with Gasteiger partial charge in [-0.25, -0.2) is 0 Å². The van der Waals surface area contributed by atoms with E-state index < -0.39 is 0 Å². The molecule has 16 heavy (non-hydrogen) atoms. The maximum absolute atomic E-state index is 5.57. The summed E-state index contributed by atoms with van der Waals surface area (Å²) >= 11 is 0. The van der Waals surface area contributed by atoms with Gasteiger partial charge in [-0.05, 0) is 20.4 Å². The Bertz CT molecular complexity index is 459. The van der Waals surface area contributed by atoms with Crippen LogP contribution in [0, 0.1) is 6.92 Å². The van der Waals surface area contributed by atoms with Crippen molar-refractivity contribution >= 4 is 0 Å². The molecule has 6 heteroatoms. The fourth-order valence-electron chi connectivity index (χ4n) is 1.49. The highest BCUT2D eigenvalue weighted by atomic mass is 16.5. The normalized spacial score (nSPS) is 12.9. The van der Waals surface area contributed by atoms with Crippen LogP contribution in [0.3, 0.4) is 0 Å². The zero-order chi connectivity index (χ0) is 11.5. The van der Waals surface area contributed by atoms with Crippen molar-refractivity contribution in [2.24, 2.45) is 0 Å². The monoisotopic (exact) mass is 222 g/mol. The third-order valence-corrected chi connectivity index (χ3v) is 2.48. The van der Waals surface area contributed by atoms with Crippen molar-refractivity contribution in [1.82, 2.24) is 20.7 Å². The molecule has 2 aromatic rings. The summed E-state index contributed by atoms with van der Waals surface area (Å²) in [6.07, 6.45) is 2.47. The van der Waals surface area contributed by atoms with E-state index in [1.165, 1.54) is 0 Å². The van der Waals surface area contributed by atoms with E-state index in [9.17, 15) is 0 Å². The molecule has 0 saturated carbocycles. The van der Waals surface area contributed by atoms with Gasteiger partial charge < -0.3 is 14.3 Å². The molecule has 0 amide bonds. The van der Waals surface area contributed by atoms with Gasteiger partial charge in [-0.2, -0.15) is 0 Å². The van der Waals surface area contributed by atoms with E-state index in [0.29, 0.717) is 17.5 Å². The van der Waals surface area contributed by atoms with Crippen molar-refractivity contribution in [2.45, 2.75) is 26.3 Å². The Labute approximate surface area is 93.0 Å². The van der Waals surface area contributed by atoms with Gasteiger partial charge in [0.2, 0.25) is 5.89 Å². The SMILES string of the molecule is CCC(NC)c1nnc(-c2cnoc2C)o1. The first kappa shape index (κ1) is 10.8. The van der Waals surface area contributed by atoms with Crippen molar-refractivity contribution < 1.29 is 8.94 Å². The van der Waals surface area contributed by atoms with Crippen LogP contribution in [-0.4, -0.2) is 22.4 Å². The summed E-state index contributed by atoms with van der Waals surface area (Å²) in [5.74, 6) is 1.70. The lowest BCUT2D eigenvalue weighted by Crippen LogP contribution is -2.15. The van der Waals surface area contributed by atoms with Gasteiger partial charge in [-0.3, -0.25) is 0 Å². The number of aryl methyl sites for hydroxylation is 1. The second-order valence-corrected chi connectivity index (χ2v) is 3.49. The lowest BCUT2D eigenvalue weighted by molar-refractivity contribution is 0.396. The van der Waals surface area contributed by atoms with E-state index in [1.807, 2.05) is 14.0 Å². The average molecular weight is 222 g/mol. The van der Waals surface area contributed by atoms with Crippen molar-refractivity contribution in [3.8, 4) is 11.5 Å². The van der Waals surface area contributed by atoms with Crippen LogP contribution in [0.5, 0.6) is 0 Å². The molecule has 1 N–H and O–H groups in total. The molecule has 6 nitrogen and oxygen atoms in total. The summed E-state index contributed by atoms with van der Waals surface area (Å²) < 4.78 is 10.5. The molecule has 0 saturated heterocycles. The number of nitrogens with one attached hydrogen (secondary N) is 1. The van der Waals surface area contributed by atoms with Gasteiger partial charge in [0.25, 0.3) is 5.89 Å². The minimum absolute atomic E-state index is 0.0846. The van der Waals surface area contributed by atoms with Gasteiger partial charge in [0.15, 0.2) is 0 Å². The van der Waals surface area contributed by atoms with Gasteiger partial charge in [0.05, 0.1) is 12.2 Å². The molecule has 86 valence electrons. The lowest BCUT2D eigenvalue weighted by atomic mass is 10.2. The predicted octanol–water partition coefficient (Wildman–Crippen LogP) is 1.70. The molecule has 0 aliphatic rings. The van der Waals surface area contributed by atoms with Crippen LogP contribution in [0.4, 0.5) is 0 Å². The molecule has 1 atom stereocenters. The number of nitrogens with zero attached hydrogens (tertiary/aromatic N) is 3. The molecule has 0 aliphatic heterocycles. The summed E-state index contributed by atoms with van der Waals surface area (Å²) in [5, 5.41) is 14.8. The number of aromatic nitrogens is 3. The van der Waals surface area contributed by atoms with Crippen LogP contribution < -0.4 is 5.32 Å². The topological polar surface area (TPSA) is 77.0 Å². The molecule has 0 radical (unpaired) electrons. The Morgan fingerprint density at radius 3 is 2.81 bits per heavy atom. The second kappa shape index (κ2) is 4.44. The summed E-state index contributed by atoms with van der Waals surface area (Å²) in [7, 11) is 1.86. The molecule has 0 aromatic carbocycles. The number of rotatable bonds is 4. The molecule has 0 aliphatic carbocycles. The first-order chi connectivity index (χ1) is 7.76. The third kappa shape index (κ3) is 1.83. The van der Waals surface area contributed by atoms with E-state index in [4.69, 9.17) is 8.94 Å². The summed E-state index contributed by atoms with van der Waals surface area (Å²) in [6, 6.07) is 0.0846. The largest absolute Gasteiger partial charge is 0.419 e. The maximum atomic E-state index is 5.57. The summed E-state index contributed by atoms with van der Waals surface area (Å²) in [6.45, 7) is 3.86. The standard InChI is InChI=1S/C10H14N4O2/c1-4-8(11-3)10-14-13-9(15-10)7-5-12-16-6(7)2/h5,8,11H,4H2,1-3H3. The van der Waals surface area contributed by atoms with Crippen molar-refractivity contribution in [1.29, 1.82) is 0 Å². The smallest absolute Gasteiger partial charge is 0.253 e. The molecule has 2 rings (SSSR count). The van der Waals surface area contributed by atoms with Crippen molar-refractivity contribution in [3.05, 3.63) is 17.8 Å². The molecule has 2 aromatic heterocycles. The zero-order valence-corrected chi connectivity index (χ0v) is 9.52. The Hall–Kier alpha value is -1.69. The molecule has 1 unspecified atom stereocenters. The highest BCUT2D eigenvalue weighted by Gasteiger charge is 2.18. The number of hydrogen-bond donors (Lipinski definition) is 1. The molecule has 0 bridgehead atoms. The van der Waals surface area contributed by atoms with E-state index in [1.54, 1.807) is 6.20 Å². The van der Waals surface area contributed by atoms with Gasteiger partial charge in [0, 0.05) is 0 Å². The van der Waals surface area contributed by atoms with Crippen molar-refractivity contribution in [2.75, 3.05) is 7.05 Å². The van der Waals surface area contributed by atoms with Gasteiger partial charge >= 0.3 is 0 Å².